The van der Waals surface area contributed by atoms with Crippen molar-refractivity contribution >= 4 is 0 Å². The summed E-state index contributed by atoms with van der Waals surface area (Å²) < 4.78 is 5.70. The lowest BCUT2D eigenvalue weighted by Crippen LogP contribution is -2.11. The summed E-state index contributed by atoms with van der Waals surface area (Å²) in [6, 6.07) is 0. The molecule has 1 N–H and O–H groups in total. The van der Waals surface area contributed by atoms with E-state index in [1.807, 2.05) is 0 Å². The zero-order valence-electron chi connectivity index (χ0n) is 15.9. The van der Waals surface area contributed by atoms with E-state index in [1.54, 1.807) is 0 Å². The first kappa shape index (κ1) is 21.0. The van der Waals surface area contributed by atoms with Gasteiger partial charge >= 0.3 is 0 Å². The summed E-state index contributed by atoms with van der Waals surface area (Å²) in [6.07, 6.45) is 21.2. The number of ether oxygens (including phenoxy) is 1. The van der Waals surface area contributed by atoms with Crippen LogP contribution in [0.15, 0.2) is 0 Å². The summed E-state index contributed by atoms with van der Waals surface area (Å²) in [6.45, 7) is 4.52. The third-order valence-electron chi connectivity index (χ3n) is 5.18. The second-order valence-corrected chi connectivity index (χ2v) is 7.57. The smallest absolute Gasteiger partial charge is 0.0866 e. The Labute approximate surface area is 145 Å². The van der Waals surface area contributed by atoms with Crippen LogP contribution in [-0.2, 0) is 4.74 Å². The van der Waals surface area contributed by atoms with Crippen molar-refractivity contribution in [2.45, 2.75) is 135 Å². The van der Waals surface area contributed by atoms with Crippen molar-refractivity contribution in [3.63, 3.8) is 0 Å². The molecule has 2 heteroatoms. The van der Waals surface area contributed by atoms with Crippen molar-refractivity contribution in [3.8, 4) is 0 Å². The molecular formula is C21H42O2. The maximum Gasteiger partial charge on any atom is 0.0866 e. The molecule has 0 amide bonds. The number of aliphatic hydroxyl groups is 1. The molecule has 0 unspecified atom stereocenters. The summed E-state index contributed by atoms with van der Waals surface area (Å²) in [5.41, 5.74) is 0. The van der Waals surface area contributed by atoms with Gasteiger partial charge < -0.3 is 9.84 Å². The van der Waals surface area contributed by atoms with Gasteiger partial charge in [0.2, 0.25) is 0 Å². The van der Waals surface area contributed by atoms with Crippen LogP contribution in [0.5, 0.6) is 0 Å². The van der Waals surface area contributed by atoms with Gasteiger partial charge in [0.15, 0.2) is 0 Å². The van der Waals surface area contributed by atoms with Crippen LogP contribution in [0, 0.1) is 0 Å². The zero-order chi connectivity index (χ0) is 16.8. The van der Waals surface area contributed by atoms with Crippen LogP contribution in [0.4, 0.5) is 0 Å². The van der Waals surface area contributed by atoms with Crippen LogP contribution in [0.25, 0.3) is 0 Å². The number of unbranched alkanes of at least 4 members (excludes halogenated alkanes) is 11. The Hall–Kier alpha value is -0.0800. The Morgan fingerprint density at radius 3 is 1.83 bits per heavy atom. The second-order valence-electron chi connectivity index (χ2n) is 7.57. The topological polar surface area (TPSA) is 32.8 Å². The van der Waals surface area contributed by atoms with E-state index in [4.69, 9.17) is 4.74 Å². The van der Waals surface area contributed by atoms with Gasteiger partial charge in [-0.2, -0.15) is 0 Å². The molecule has 0 bridgehead atoms. The molecule has 1 saturated heterocycles. The molecular weight excluding hydrogens is 284 g/mol. The highest BCUT2D eigenvalue weighted by Gasteiger charge is 2.38. The molecule has 1 aliphatic heterocycles. The van der Waals surface area contributed by atoms with Gasteiger partial charge in [-0.3, -0.25) is 0 Å². The predicted octanol–water partition coefficient (Wildman–Crippen LogP) is 6.40. The van der Waals surface area contributed by atoms with E-state index < -0.39 is 0 Å². The fraction of sp³-hybridized carbons (Fsp3) is 1.00. The van der Waals surface area contributed by atoms with Gasteiger partial charge in [-0.25, -0.2) is 0 Å². The quantitative estimate of drug-likeness (QED) is 0.248. The first-order valence-electron chi connectivity index (χ1n) is 10.6. The van der Waals surface area contributed by atoms with Crippen molar-refractivity contribution < 1.29 is 9.84 Å². The maximum absolute atomic E-state index is 10.1. The molecule has 0 radical (unpaired) electrons. The van der Waals surface area contributed by atoms with Crippen molar-refractivity contribution in [1.29, 1.82) is 0 Å². The molecule has 0 aromatic carbocycles. The number of aliphatic hydroxyl groups excluding tert-OH is 1. The van der Waals surface area contributed by atoms with E-state index in [0.29, 0.717) is 12.2 Å². The molecule has 1 rings (SSSR count). The number of epoxide rings is 1. The first-order chi connectivity index (χ1) is 11.3. The fourth-order valence-corrected chi connectivity index (χ4v) is 3.49. The van der Waals surface area contributed by atoms with Gasteiger partial charge in [0.25, 0.3) is 0 Å². The molecule has 138 valence electrons. The van der Waals surface area contributed by atoms with Crippen molar-refractivity contribution in [2.24, 2.45) is 0 Å². The van der Waals surface area contributed by atoms with E-state index in [9.17, 15) is 5.11 Å². The standard InChI is InChI=1S/C21H42O2/c1-3-5-7-9-10-11-12-13-14-16-19(22)18-21-20(23-21)17-15-8-6-4-2/h19-22H,3-18H2,1-2H3/t19-,20+,21-/m1/s1. The summed E-state index contributed by atoms with van der Waals surface area (Å²) in [7, 11) is 0. The Balaban J connectivity index is 1.82. The molecule has 2 nitrogen and oxygen atoms in total. The summed E-state index contributed by atoms with van der Waals surface area (Å²) >= 11 is 0. The van der Waals surface area contributed by atoms with Gasteiger partial charge in [0.1, 0.15) is 0 Å². The van der Waals surface area contributed by atoms with E-state index in [2.05, 4.69) is 13.8 Å². The summed E-state index contributed by atoms with van der Waals surface area (Å²) in [5, 5.41) is 10.1. The van der Waals surface area contributed by atoms with Crippen LogP contribution < -0.4 is 0 Å². The molecule has 0 aromatic rings. The van der Waals surface area contributed by atoms with Gasteiger partial charge in [-0.1, -0.05) is 97.3 Å². The van der Waals surface area contributed by atoms with Crippen molar-refractivity contribution in [1.82, 2.24) is 0 Å². The highest BCUT2D eigenvalue weighted by atomic mass is 16.6. The summed E-state index contributed by atoms with van der Waals surface area (Å²) in [5.74, 6) is 0. The Bertz CT molecular complexity index is 254. The predicted molar refractivity (Wildman–Crippen MR) is 99.9 cm³/mol. The second kappa shape index (κ2) is 14.3. The average Bonchev–Trinajstić information content (AvgIpc) is 3.28. The van der Waals surface area contributed by atoms with E-state index in [0.717, 1.165) is 12.8 Å². The molecule has 3 atom stereocenters. The van der Waals surface area contributed by atoms with Crippen molar-refractivity contribution in [3.05, 3.63) is 0 Å². The van der Waals surface area contributed by atoms with Crippen LogP contribution in [-0.4, -0.2) is 23.4 Å². The van der Waals surface area contributed by atoms with E-state index >= 15 is 0 Å². The van der Waals surface area contributed by atoms with Crippen molar-refractivity contribution in [2.75, 3.05) is 0 Å². The highest BCUT2D eigenvalue weighted by Crippen LogP contribution is 2.32. The lowest BCUT2D eigenvalue weighted by molar-refractivity contribution is 0.139. The van der Waals surface area contributed by atoms with Gasteiger partial charge in [0, 0.05) is 6.42 Å². The zero-order valence-corrected chi connectivity index (χ0v) is 15.9. The third kappa shape index (κ3) is 12.0. The van der Waals surface area contributed by atoms with E-state index in [-0.39, 0.29) is 6.10 Å². The van der Waals surface area contributed by atoms with Gasteiger partial charge in [0.05, 0.1) is 18.3 Å². The Morgan fingerprint density at radius 2 is 1.22 bits per heavy atom. The van der Waals surface area contributed by atoms with Gasteiger partial charge in [-0.15, -0.1) is 0 Å². The van der Waals surface area contributed by atoms with Crippen LogP contribution in [0.1, 0.15) is 117 Å². The maximum atomic E-state index is 10.1. The fourth-order valence-electron chi connectivity index (χ4n) is 3.49. The van der Waals surface area contributed by atoms with Gasteiger partial charge in [-0.05, 0) is 12.8 Å². The lowest BCUT2D eigenvalue weighted by atomic mass is 10.0. The minimum Gasteiger partial charge on any atom is -0.393 e. The van der Waals surface area contributed by atoms with Crippen LogP contribution in [0.3, 0.4) is 0 Å². The number of hydrogen-bond donors (Lipinski definition) is 1. The van der Waals surface area contributed by atoms with Crippen LogP contribution in [0.2, 0.25) is 0 Å². The molecule has 0 aliphatic carbocycles. The lowest BCUT2D eigenvalue weighted by Gasteiger charge is -2.08. The monoisotopic (exact) mass is 326 g/mol. The number of hydrogen-bond acceptors (Lipinski definition) is 2. The Kier molecular flexibility index (Phi) is 13.0. The first-order valence-corrected chi connectivity index (χ1v) is 10.6. The minimum atomic E-state index is -0.134. The largest absolute Gasteiger partial charge is 0.393 e. The molecule has 0 aromatic heterocycles. The molecule has 23 heavy (non-hydrogen) atoms. The normalized spacial score (nSPS) is 21.5. The SMILES string of the molecule is CCCCCCCCCCC[C@@H](O)C[C@H]1O[C@H]1CCCCCC. The molecule has 0 saturated carbocycles. The minimum absolute atomic E-state index is 0.134. The molecule has 1 fully saturated rings. The third-order valence-corrected chi connectivity index (χ3v) is 5.18. The van der Waals surface area contributed by atoms with E-state index in [1.165, 1.54) is 89.9 Å². The van der Waals surface area contributed by atoms with Crippen LogP contribution >= 0.6 is 0 Å². The highest BCUT2D eigenvalue weighted by molar-refractivity contribution is 4.86. The molecule has 1 aliphatic rings. The molecule has 0 spiro atoms. The Morgan fingerprint density at radius 1 is 0.696 bits per heavy atom. The average molecular weight is 327 g/mol. The molecule has 1 heterocycles. The number of rotatable bonds is 17. The summed E-state index contributed by atoms with van der Waals surface area (Å²) in [4.78, 5) is 0.